The average molecular weight is 289 g/mol. The molecule has 1 aromatic rings. The van der Waals surface area contributed by atoms with Gasteiger partial charge in [0.05, 0.1) is 7.11 Å². The van der Waals surface area contributed by atoms with Crippen LogP contribution in [0.4, 0.5) is 5.69 Å². The zero-order valence-electron chi connectivity index (χ0n) is 13.4. The van der Waals surface area contributed by atoms with E-state index in [9.17, 15) is 4.79 Å². The third kappa shape index (κ3) is 4.23. The topological polar surface area (TPSA) is 38.3 Å². The monoisotopic (exact) mass is 289 g/mol. The van der Waals surface area contributed by atoms with Crippen molar-refractivity contribution in [3.8, 4) is 5.75 Å². The van der Waals surface area contributed by atoms with Gasteiger partial charge in [0.1, 0.15) is 5.75 Å². The number of anilines is 1. The van der Waals surface area contributed by atoms with Crippen molar-refractivity contribution in [1.82, 2.24) is 0 Å². The van der Waals surface area contributed by atoms with Crippen LogP contribution in [0.3, 0.4) is 0 Å². The third-order valence-corrected chi connectivity index (χ3v) is 4.59. The number of benzene rings is 1. The molecule has 0 atom stereocenters. The van der Waals surface area contributed by atoms with Crippen LogP contribution in [0.25, 0.3) is 0 Å². The molecule has 3 heteroatoms. The van der Waals surface area contributed by atoms with Gasteiger partial charge in [-0.25, -0.2) is 0 Å². The maximum absolute atomic E-state index is 12.4. The van der Waals surface area contributed by atoms with Gasteiger partial charge in [-0.1, -0.05) is 25.8 Å². The number of amides is 1. The van der Waals surface area contributed by atoms with Gasteiger partial charge in [0.15, 0.2) is 0 Å². The lowest BCUT2D eigenvalue weighted by atomic mass is 9.80. The molecule has 116 valence electrons. The van der Waals surface area contributed by atoms with E-state index in [1.807, 2.05) is 25.1 Å². The second kappa shape index (κ2) is 7.48. The van der Waals surface area contributed by atoms with Gasteiger partial charge in [0.25, 0.3) is 0 Å². The molecular weight excluding hydrogens is 262 g/mol. The van der Waals surface area contributed by atoms with Crippen molar-refractivity contribution < 1.29 is 9.53 Å². The Hall–Kier alpha value is -1.51. The molecule has 1 aliphatic carbocycles. The van der Waals surface area contributed by atoms with Crippen molar-refractivity contribution in [3.05, 3.63) is 23.8 Å². The number of nitrogens with one attached hydrogen (secondary N) is 1. The number of hydrogen-bond donors (Lipinski definition) is 1. The summed E-state index contributed by atoms with van der Waals surface area (Å²) in [7, 11) is 1.66. The van der Waals surface area contributed by atoms with Gasteiger partial charge in [0.2, 0.25) is 5.91 Å². The quantitative estimate of drug-likeness (QED) is 0.863. The normalized spacial score (nSPS) is 21.9. The molecule has 0 spiro atoms. The van der Waals surface area contributed by atoms with E-state index in [4.69, 9.17) is 4.74 Å². The van der Waals surface area contributed by atoms with E-state index in [1.54, 1.807) is 7.11 Å². The van der Waals surface area contributed by atoms with Gasteiger partial charge in [-0.2, -0.15) is 0 Å². The molecule has 21 heavy (non-hydrogen) atoms. The first-order valence-electron chi connectivity index (χ1n) is 8.09. The Kier molecular flexibility index (Phi) is 5.66. The maximum Gasteiger partial charge on any atom is 0.227 e. The van der Waals surface area contributed by atoms with Crippen LogP contribution < -0.4 is 10.1 Å². The van der Waals surface area contributed by atoms with Crippen LogP contribution in [0, 0.1) is 18.8 Å². The van der Waals surface area contributed by atoms with Crippen LogP contribution in [-0.2, 0) is 4.79 Å². The Bertz CT molecular complexity index is 476. The van der Waals surface area contributed by atoms with E-state index in [-0.39, 0.29) is 11.8 Å². The van der Waals surface area contributed by atoms with Gasteiger partial charge in [-0.05, 0) is 50.2 Å². The fourth-order valence-corrected chi connectivity index (χ4v) is 3.26. The van der Waals surface area contributed by atoms with Crippen molar-refractivity contribution in [2.75, 3.05) is 12.4 Å². The Morgan fingerprint density at radius 3 is 2.62 bits per heavy atom. The summed E-state index contributed by atoms with van der Waals surface area (Å²) in [5, 5.41) is 3.04. The minimum atomic E-state index is 0.163. The first kappa shape index (κ1) is 15.9. The maximum atomic E-state index is 12.4. The molecule has 0 heterocycles. The van der Waals surface area contributed by atoms with Crippen molar-refractivity contribution >= 4 is 11.6 Å². The van der Waals surface area contributed by atoms with Gasteiger partial charge in [-0.15, -0.1) is 0 Å². The van der Waals surface area contributed by atoms with Gasteiger partial charge in [0, 0.05) is 17.7 Å². The van der Waals surface area contributed by atoms with E-state index in [1.165, 1.54) is 25.7 Å². The highest BCUT2D eigenvalue weighted by molar-refractivity contribution is 5.92. The Balaban J connectivity index is 1.90. The Labute approximate surface area is 128 Å². The first-order valence-corrected chi connectivity index (χ1v) is 8.09. The van der Waals surface area contributed by atoms with Crippen molar-refractivity contribution in [1.29, 1.82) is 0 Å². The molecule has 1 amide bonds. The minimum Gasteiger partial charge on any atom is -0.496 e. The molecule has 1 fully saturated rings. The van der Waals surface area contributed by atoms with E-state index >= 15 is 0 Å². The van der Waals surface area contributed by atoms with E-state index in [0.29, 0.717) is 0 Å². The second-order valence-electron chi connectivity index (χ2n) is 6.18. The molecule has 1 aromatic carbocycles. The van der Waals surface area contributed by atoms with Gasteiger partial charge >= 0.3 is 0 Å². The lowest BCUT2D eigenvalue weighted by Crippen LogP contribution is -2.27. The molecule has 0 saturated heterocycles. The zero-order chi connectivity index (χ0) is 15.2. The fraction of sp³-hybridized carbons (Fsp3) is 0.611. The van der Waals surface area contributed by atoms with Crippen molar-refractivity contribution in [2.45, 2.75) is 52.4 Å². The molecule has 0 bridgehead atoms. The van der Waals surface area contributed by atoms with Crippen LogP contribution in [0.1, 0.15) is 51.0 Å². The minimum absolute atomic E-state index is 0.163. The lowest BCUT2D eigenvalue weighted by molar-refractivity contribution is -0.121. The second-order valence-corrected chi connectivity index (χ2v) is 6.18. The number of ether oxygens (including phenoxy) is 1. The Morgan fingerprint density at radius 2 is 2.00 bits per heavy atom. The number of carbonyl (C=O) groups is 1. The highest BCUT2D eigenvalue weighted by Crippen LogP contribution is 2.32. The highest BCUT2D eigenvalue weighted by atomic mass is 16.5. The molecule has 0 aromatic heterocycles. The first-order chi connectivity index (χ1) is 10.1. The Morgan fingerprint density at radius 1 is 1.29 bits per heavy atom. The fourth-order valence-electron chi connectivity index (χ4n) is 3.26. The molecule has 0 unspecified atom stereocenters. The molecule has 3 nitrogen and oxygen atoms in total. The number of carbonyl (C=O) groups excluding carboxylic acids is 1. The van der Waals surface area contributed by atoms with Crippen LogP contribution in [0.15, 0.2) is 18.2 Å². The average Bonchev–Trinajstić information content (AvgIpc) is 2.50. The van der Waals surface area contributed by atoms with Crippen molar-refractivity contribution in [2.24, 2.45) is 11.8 Å². The molecule has 1 N–H and O–H groups in total. The summed E-state index contributed by atoms with van der Waals surface area (Å²) in [5.74, 6) is 1.99. The van der Waals surface area contributed by atoms with Crippen molar-refractivity contribution in [3.63, 3.8) is 0 Å². The van der Waals surface area contributed by atoms with E-state index < -0.39 is 0 Å². The largest absolute Gasteiger partial charge is 0.496 e. The highest BCUT2D eigenvalue weighted by Gasteiger charge is 2.25. The summed E-state index contributed by atoms with van der Waals surface area (Å²) in [6.07, 6.45) is 7.01. The number of hydrogen-bond acceptors (Lipinski definition) is 2. The summed E-state index contributed by atoms with van der Waals surface area (Å²) in [5.41, 5.74) is 1.91. The molecule has 1 aliphatic rings. The number of rotatable bonds is 5. The lowest BCUT2D eigenvalue weighted by Gasteiger charge is -2.27. The van der Waals surface area contributed by atoms with Crippen LogP contribution >= 0.6 is 0 Å². The van der Waals surface area contributed by atoms with E-state index in [2.05, 4.69) is 12.2 Å². The number of aryl methyl sites for hydroxylation is 1. The van der Waals surface area contributed by atoms with E-state index in [0.717, 1.165) is 35.8 Å². The standard InChI is InChI=1S/C18H27NO2/c1-4-5-14-7-9-15(10-8-14)18(20)19-16-11-6-13(2)17(12-16)21-3/h6,11-12,14-15H,4-5,7-10H2,1-3H3,(H,19,20). The predicted molar refractivity (Wildman–Crippen MR) is 86.7 cm³/mol. The van der Waals surface area contributed by atoms with Crippen LogP contribution in [0.2, 0.25) is 0 Å². The third-order valence-electron chi connectivity index (χ3n) is 4.59. The molecule has 2 rings (SSSR count). The summed E-state index contributed by atoms with van der Waals surface area (Å²) < 4.78 is 5.30. The van der Waals surface area contributed by atoms with Gasteiger partial charge in [-0.3, -0.25) is 4.79 Å². The summed E-state index contributed by atoms with van der Waals surface area (Å²) >= 11 is 0. The summed E-state index contributed by atoms with van der Waals surface area (Å²) in [4.78, 5) is 12.4. The van der Waals surface area contributed by atoms with Gasteiger partial charge < -0.3 is 10.1 Å². The van der Waals surface area contributed by atoms with Crippen LogP contribution in [0.5, 0.6) is 5.75 Å². The van der Waals surface area contributed by atoms with Crippen LogP contribution in [-0.4, -0.2) is 13.0 Å². The summed E-state index contributed by atoms with van der Waals surface area (Å²) in [6.45, 7) is 4.24. The molecular formula is C18H27NO2. The molecule has 1 saturated carbocycles. The predicted octanol–water partition coefficient (Wildman–Crippen LogP) is 4.55. The smallest absolute Gasteiger partial charge is 0.227 e. The molecule has 0 radical (unpaired) electrons. The zero-order valence-corrected chi connectivity index (χ0v) is 13.4. The summed E-state index contributed by atoms with van der Waals surface area (Å²) in [6, 6.07) is 5.82. The number of methoxy groups -OCH3 is 1. The SMILES string of the molecule is CCCC1CCC(C(=O)Nc2ccc(C)c(OC)c2)CC1. The molecule has 0 aliphatic heterocycles.